The van der Waals surface area contributed by atoms with Crippen LogP contribution >= 0.6 is 9.24 Å². The number of rotatable bonds is 2. The van der Waals surface area contributed by atoms with E-state index >= 15 is 0 Å². The maximum atomic E-state index is 13.8. The summed E-state index contributed by atoms with van der Waals surface area (Å²) in [6.45, 7) is 0. The van der Waals surface area contributed by atoms with Crippen LogP contribution in [0.15, 0.2) is 48.5 Å². The molecule has 0 aliphatic rings. The average Bonchev–Trinajstić information content (AvgIpc) is 2.44. The van der Waals surface area contributed by atoms with Gasteiger partial charge in [0.15, 0.2) is 0 Å². The van der Waals surface area contributed by atoms with Crippen LogP contribution in [0.1, 0.15) is 0 Å². The Balaban J connectivity index is 2.33. The van der Waals surface area contributed by atoms with Crippen molar-refractivity contribution in [3.05, 3.63) is 77.6 Å². The van der Waals surface area contributed by atoms with Crippen molar-refractivity contribution in [2.45, 2.75) is 0 Å². The highest BCUT2D eigenvalue weighted by Crippen LogP contribution is 2.34. The lowest BCUT2D eigenvalue weighted by Crippen LogP contribution is -2.03. The summed E-state index contributed by atoms with van der Waals surface area (Å²) in [7, 11) is 2.26. The van der Waals surface area contributed by atoms with Crippen molar-refractivity contribution in [1.82, 2.24) is 0 Å². The van der Waals surface area contributed by atoms with E-state index in [0.29, 0.717) is 17.4 Å². The largest absolute Gasteiger partial charge is 0.207 e. The van der Waals surface area contributed by atoms with Crippen LogP contribution < -0.4 is 5.30 Å². The Morgan fingerprint density at radius 1 is 0.500 bits per heavy atom. The number of hydrogen-bond donors (Lipinski definition) is 0. The Hall–Kier alpha value is -2.26. The second-order valence-corrected chi connectivity index (χ2v) is 5.86. The van der Waals surface area contributed by atoms with Crippen LogP contribution in [0.25, 0.3) is 22.3 Å². The third kappa shape index (κ3) is 3.31. The summed E-state index contributed by atoms with van der Waals surface area (Å²) in [4.78, 5) is 0. The minimum atomic E-state index is -0.837. The zero-order chi connectivity index (χ0) is 17.4. The molecular weight excluding hydrogens is 342 g/mol. The molecule has 6 heteroatoms. The molecule has 0 nitrogen and oxygen atoms in total. The van der Waals surface area contributed by atoms with Crippen molar-refractivity contribution in [3.8, 4) is 22.3 Å². The quantitative estimate of drug-likeness (QED) is 0.438. The molecule has 1 unspecified atom stereocenters. The second-order valence-electron chi connectivity index (χ2n) is 5.23. The van der Waals surface area contributed by atoms with E-state index in [2.05, 4.69) is 9.24 Å². The highest BCUT2D eigenvalue weighted by Gasteiger charge is 2.16. The number of hydrogen-bond acceptors (Lipinski definition) is 0. The highest BCUT2D eigenvalue weighted by atomic mass is 31.0. The molecule has 24 heavy (non-hydrogen) atoms. The minimum Gasteiger partial charge on any atom is -0.207 e. The Bertz CT molecular complexity index is 896. The van der Waals surface area contributed by atoms with Crippen LogP contribution in [0.2, 0.25) is 0 Å². The summed E-state index contributed by atoms with van der Waals surface area (Å²) in [5, 5.41) is 0.305. The maximum Gasteiger partial charge on any atom is 0.126 e. The van der Waals surface area contributed by atoms with E-state index in [0.717, 1.165) is 36.4 Å². The first-order valence-electron chi connectivity index (χ1n) is 6.85. The van der Waals surface area contributed by atoms with Crippen molar-refractivity contribution >= 4 is 14.5 Å². The van der Waals surface area contributed by atoms with E-state index in [1.807, 2.05) is 0 Å². The molecule has 0 aliphatic carbocycles. The van der Waals surface area contributed by atoms with Crippen molar-refractivity contribution < 1.29 is 22.0 Å². The molecule has 0 heterocycles. The normalized spacial score (nSPS) is 10.9. The SMILES string of the molecule is Fc1cc(F)cc(-c2cc(F)cc(P)c2-c2cc(F)cc(F)c2)c1. The summed E-state index contributed by atoms with van der Waals surface area (Å²) in [5.74, 6) is -3.93. The van der Waals surface area contributed by atoms with Gasteiger partial charge in [0.05, 0.1) is 0 Å². The number of halogens is 5. The summed E-state index contributed by atoms with van der Waals surface area (Å²) >= 11 is 0. The van der Waals surface area contributed by atoms with Gasteiger partial charge in [0.2, 0.25) is 0 Å². The minimum absolute atomic E-state index is 0.0652. The van der Waals surface area contributed by atoms with Crippen molar-refractivity contribution in [1.29, 1.82) is 0 Å². The predicted molar refractivity (Wildman–Crippen MR) is 86.4 cm³/mol. The molecule has 0 spiro atoms. The molecule has 122 valence electrons. The molecule has 1 atom stereocenters. The molecular formula is C18H10F5P. The Kier molecular flexibility index (Phi) is 4.37. The molecule has 0 saturated carbocycles. The molecule has 3 aromatic carbocycles. The van der Waals surface area contributed by atoms with Gasteiger partial charge in [-0.15, -0.1) is 9.24 Å². The smallest absolute Gasteiger partial charge is 0.126 e. The zero-order valence-electron chi connectivity index (χ0n) is 12.1. The molecule has 0 aromatic heterocycles. The second kappa shape index (κ2) is 6.33. The lowest BCUT2D eigenvalue weighted by Gasteiger charge is -2.14. The van der Waals surface area contributed by atoms with Crippen LogP contribution in [-0.2, 0) is 0 Å². The van der Waals surface area contributed by atoms with E-state index in [-0.39, 0.29) is 22.3 Å². The average molecular weight is 352 g/mol. The van der Waals surface area contributed by atoms with Gasteiger partial charge in [-0.3, -0.25) is 0 Å². The monoisotopic (exact) mass is 352 g/mol. The third-order valence-electron chi connectivity index (χ3n) is 3.46. The van der Waals surface area contributed by atoms with Gasteiger partial charge in [-0.2, -0.15) is 0 Å². The molecule has 3 rings (SSSR count). The third-order valence-corrected chi connectivity index (χ3v) is 3.91. The fraction of sp³-hybridized carbons (Fsp3) is 0. The van der Waals surface area contributed by atoms with Crippen LogP contribution in [0.4, 0.5) is 22.0 Å². The molecule has 0 bridgehead atoms. The maximum absolute atomic E-state index is 13.8. The topological polar surface area (TPSA) is 0 Å². The molecule has 3 aromatic rings. The van der Waals surface area contributed by atoms with Gasteiger partial charge in [-0.25, -0.2) is 22.0 Å². The first-order chi connectivity index (χ1) is 11.3. The molecule has 0 N–H and O–H groups in total. The fourth-order valence-electron chi connectivity index (χ4n) is 2.59. The van der Waals surface area contributed by atoms with E-state index < -0.39 is 29.1 Å². The van der Waals surface area contributed by atoms with Crippen molar-refractivity contribution in [3.63, 3.8) is 0 Å². The van der Waals surface area contributed by atoms with E-state index in [1.54, 1.807) is 0 Å². The lowest BCUT2D eigenvalue weighted by atomic mass is 9.94. The van der Waals surface area contributed by atoms with E-state index in [9.17, 15) is 22.0 Å². The predicted octanol–water partition coefficient (Wildman–Crippen LogP) is 5.22. The standard InChI is InChI=1S/C18H10F5P/c19-11-1-9(2-12(20)5-11)16-7-15(23)8-17(24)18(16)10-3-13(21)6-14(22)4-10/h1-8H,24H2. The zero-order valence-corrected chi connectivity index (χ0v) is 13.2. The molecule has 0 saturated heterocycles. The van der Waals surface area contributed by atoms with Gasteiger partial charge in [-0.1, -0.05) is 0 Å². The number of benzene rings is 3. The van der Waals surface area contributed by atoms with Crippen LogP contribution in [-0.4, -0.2) is 0 Å². The Morgan fingerprint density at radius 2 is 0.917 bits per heavy atom. The van der Waals surface area contributed by atoms with Gasteiger partial charge >= 0.3 is 0 Å². The van der Waals surface area contributed by atoms with Crippen molar-refractivity contribution in [2.75, 3.05) is 0 Å². The first-order valence-corrected chi connectivity index (χ1v) is 7.43. The van der Waals surface area contributed by atoms with Crippen LogP contribution in [0.5, 0.6) is 0 Å². The van der Waals surface area contributed by atoms with Gasteiger partial charge in [0.25, 0.3) is 0 Å². The van der Waals surface area contributed by atoms with E-state index in [1.165, 1.54) is 0 Å². The van der Waals surface area contributed by atoms with Gasteiger partial charge in [-0.05, 0) is 64.0 Å². The van der Waals surface area contributed by atoms with Gasteiger partial charge in [0, 0.05) is 12.1 Å². The van der Waals surface area contributed by atoms with Crippen molar-refractivity contribution in [2.24, 2.45) is 0 Å². The molecule has 0 radical (unpaired) electrons. The molecule has 0 amide bonds. The molecule has 0 aliphatic heterocycles. The highest BCUT2D eigenvalue weighted by molar-refractivity contribution is 7.28. The summed E-state index contributed by atoms with van der Waals surface area (Å²) < 4.78 is 67.9. The summed E-state index contributed by atoms with van der Waals surface area (Å²) in [5.41, 5.74) is 0.598. The van der Waals surface area contributed by atoms with Crippen LogP contribution in [0.3, 0.4) is 0 Å². The Labute approximate surface area is 137 Å². The Morgan fingerprint density at radius 3 is 1.42 bits per heavy atom. The van der Waals surface area contributed by atoms with Gasteiger partial charge in [0.1, 0.15) is 29.1 Å². The fourth-order valence-corrected chi connectivity index (χ4v) is 3.07. The molecule has 0 fully saturated rings. The first kappa shape index (κ1) is 16.6. The van der Waals surface area contributed by atoms with Gasteiger partial charge < -0.3 is 0 Å². The van der Waals surface area contributed by atoms with Crippen LogP contribution in [0, 0.1) is 29.1 Å². The summed E-state index contributed by atoms with van der Waals surface area (Å²) in [6, 6.07) is 7.82. The summed E-state index contributed by atoms with van der Waals surface area (Å²) in [6.07, 6.45) is 0. The van der Waals surface area contributed by atoms with E-state index in [4.69, 9.17) is 0 Å². The lowest BCUT2D eigenvalue weighted by molar-refractivity contribution is 0.583.